The molecule has 0 bridgehead atoms. The number of amides is 1. The third-order valence-corrected chi connectivity index (χ3v) is 4.75. The predicted molar refractivity (Wildman–Crippen MR) is 102 cm³/mol. The minimum atomic E-state index is -0.232. The van der Waals surface area contributed by atoms with Gasteiger partial charge in [0.2, 0.25) is 0 Å². The Morgan fingerprint density at radius 1 is 1.08 bits per heavy atom. The molecule has 1 atom stereocenters. The van der Waals surface area contributed by atoms with Crippen molar-refractivity contribution < 1.29 is 14.4 Å². The van der Waals surface area contributed by atoms with Gasteiger partial charge in [0.25, 0.3) is 5.91 Å². The van der Waals surface area contributed by atoms with Gasteiger partial charge in [-0.2, -0.15) is 0 Å². The fourth-order valence-electron chi connectivity index (χ4n) is 2.37. The largest absolute Gasteiger partial charge is 0.482 e. The second-order valence-electron chi connectivity index (χ2n) is 5.83. The molecule has 2 N–H and O–H groups in total. The fourth-order valence-corrected chi connectivity index (χ4v) is 2.96. The first-order valence-electron chi connectivity index (χ1n) is 7.77. The zero-order valence-electron chi connectivity index (χ0n) is 14.0. The Labute approximate surface area is 162 Å². The molecule has 0 saturated carbocycles. The molecular formula is C18H20Cl3N2O2+. The van der Waals surface area contributed by atoms with E-state index in [1.165, 1.54) is 17.0 Å². The third kappa shape index (κ3) is 5.79. The van der Waals surface area contributed by atoms with Gasteiger partial charge in [-0.05, 0) is 6.07 Å². The molecule has 0 heterocycles. The number of carbonyl (C=O) groups excluding carboxylic acids is 1. The van der Waals surface area contributed by atoms with Crippen molar-refractivity contribution >= 4 is 40.7 Å². The Balaban J connectivity index is 1.91. The van der Waals surface area contributed by atoms with Gasteiger partial charge in [-0.1, -0.05) is 65.1 Å². The average molecular weight is 403 g/mol. The maximum atomic E-state index is 12.1. The van der Waals surface area contributed by atoms with E-state index in [0.717, 1.165) is 5.56 Å². The molecule has 0 aliphatic heterocycles. The molecule has 25 heavy (non-hydrogen) atoms. The molecule has 0 fully saturated rings. The van der Waals surface area contributed by atoms with Crippen LogP contribution < -0.4 is 15.0 Å². The summed E-state index contributed by atoms with van der Waals surface area (Å²) in [5, 5.41) is 3.86. The topological polar surface area (TPSA) is 42.8 Å². The summed E-state index contributed by atoms with van der Waals surface area (Å²) in [5.74, 6) is 0.0911. The number of benzene rings is 2. The highest BCUT2D eigenvalue weighted by Gasteiger charge is 2.18. The normalized spacial score (nSPS) is 12.1. The summed E-state index contributed by atoms with van der Waals surface area (Å²) in [4.78, 5) is 13.3. The van der Waals surface area contributed by atoms with E-state index in [9.17, 15) is 4.79 Å². The molecule has 0 saturated heterocycles. The Bertz CT molecular complexity index is 724. The first kappa shape index (κ1) is 19.9. The fraction of sp³-hybridized carbons (Fsp3) is 0.278. The SMILES string of the molecule is C[NH+](C)[C@H](CNC(=O)COc1cc(Cl)c(Cl)cc1Cl)c1ccccc1. The molecule has 1 amide bonds. The maximum Gasteiger partial charge on any atom is 0.258 e. The van der Waals surface area contributed by atoms with Crippen molar-refractivity contribution in [2.24, 2.45) is 0 Å². The summed E-state index contributed by atoms with van der Waals surface area (Å²) in [6.45, 7) is 0.353. The molecule has 0 radical (unpaired) electrons. The van der Waals surface area contributed by atoms with Crippen LogP contribution in [0.5, 0.6) is 5.75 Å². The van der Waals surface area contributed by atoms with E-state index in [-0.39, 0.29) is 18.6 Å². The van der Waals surface area contributed by atoms with Crippen LogP contribution in [0.4, 0.5) is 0 Å². The van der Waals surface area contributed by atoms with Gasteiger partial charge in [0.1, 0.15) is 11.8 Å². The quantitative estimate of drug-likeness (QED) is 0.699. The lowest BCUT2D eigenvalue weighted by molar-refractivity contribution is -0.890. The molecule has 4 nitrogen and oxygen atoms in total. The molecule has 2 rings (SSSR count). The summed E-state index contributed by atoms with van der Waals surface area (Å²) in [6, 6.07) is 13.2. The smallest absolute Gasteiger partial charge is 0.258 e. The molecule has 0 aliphatic rings. The highest BCUT2D eigenvalue weighted by Crippen LogP contribution is 2.33. The van der Waals surface area contributed by atoms with Gasteiger partial charge in [-0.15, -0.1) is 0 Å². The van der Waals surface area contributed by atoms with Crippen molar-refractivity contribution in [2.75, 3.05) is 27.2 Å². The number of quaternary nitrogens is 1. The highest BCUT2D eigenvalue weighted by atomic mass is 35.5. The number of nitrogens with one attached hydrogen (secondary N) is 2. The van der Waals surface area contributed by atoms with Gasteiger partial charge >= 0.3 is 0 Å². The van der Waals surface area contributed by atoms with Crippen LogP contribution in [-0.2, 0) is 4.79 Å². The Morgan fingerprint density at radius 2 is 1.72 bits per heavy atom. The molecule has 0 spiro atoms. The van der Waals surface area contributed by atoms with Gasteiger partial charge in [0.05, 0.1) is 35.7 Å². The second-order valence-corrected chi connectivity index (χ2v) is 7.05. The first-order chi connectivity index (χ1) is 11.9. The van der Waals surface area contributed by atoms with E-state index in [4.69, 9.17) is 39.5 Å². The molecule has 134 valence electrons. The van der Waals surface area contributed by atoms with Crippen molar-refractivity contribution in [3.63, 3.8) is 0 Å². The number of halogens is 3. The molecule has 2 aromatic rings. The van der Waals surface area contributed by atoms with Crippen molar-refractivity contribution in [1.82, 2.24) is 5.32 Å². The van der Waals surface area contributed by atoms with Crippen LogP contribution in [-0.4, -0.2) is 33.2 Å². The van der Waals surface area contributed by atoms with Crippen molar-refractivity contribution in [1.29, 1.82) is 0 Å². The second kappa shape index (κ2) is 9.30. The van der Waals surface area contributed by atoms with E-state index in [1.807, 2.05) is 18.2 Å². The van der Waals surface area contributed by atoms with Gasteiger partial charge in [-0.25, -0.2) is 0 Å². The minimum absolute atomic E-state index is 0.151. The van der Waals surface area contributed by atoms with E-state index in [0.29, 0.717) is 27.4 Å². The van der Waals surface area contributed by atoms with Crippen molar-refractivity contribution in [3.8, 4) is 5.75 Å². The van der Waals surface area contributed by atoms with E-state index < -0.39 is 0 Å². The number of hydrogen-bond donors (Lipinski definition) is 2. The summed E-state index contributed by atoms with van der Waals surface area (Å²) in [7, 11) is 4.10. The standard InChI is InChI=1S/C18H19Cl3N2O2/c1-23(2)16(12-6-4-3-5-7-12)10-22-18(24)11-25-17-9-14(20)13(19)8-15(17)21/h3-9,16H,10-11H2,1-2H3,(H,22,24)/p+1/t16-/m1/s1. The van der Waals surface area contributed by atoms with Gasteiger partial charge in [0.15, 0.2) is 6.61 Å². The predicted octanol–water partition coefficient (Wildman–Crippen LogP) is 3.03. The van der Waals surface area contributed by atoms with Crippen LogP contribution in [0, 0.1) is 0 Å². The number of carbonyl (C=O) groups is 1. The molecule has 7 heteroatoms. The van der Waals surface area contributed by atoms with Gasteiger partial charge in [0, 0.05) is 11.6 Å². The maximum absolute atomic E-state index is 12.1. The average Bonchev–Trinajstić information content (AvgIpc) is 2.58. The molecule has 0 aromatic heterocycles. The zero-order chi connectivity index (χ0) is 18.4. The Hall–Kier alpha value is -1.46. The summed E-state index contributed by atoms with van der Waals surface area (Å²) >= 11 is 17.8. The summed E-state index contributed by atoms with van der Waals surface area (Å²) in [5.41, 5.74) is 1.16. The van der Waals surface area contributed by atoms with Gasteiger partial charge in [-0.3, -0.25) is 4.79 Å². The van der Waals surface area contributed by atoms with Crippen LogP contribution in [0.3, 0.4) is 0 Å². The lowest BCUT2D eigenvalue weighted by atomic mass is 10.1. The summed E-state index contributed by atoms with van der Waals surface area (Å²) < 4.78 is 5.44. The van der Waals surface area contributed by atoms with Gasteiger partial charge < -0.3 is 15.0 Å². The Kier molecular flexibility index (Phi) is 7.38. The number of likely N-dealkylation sites (N-methyl/N-ethyl adjacent to an activating group) is 1. The van der Waals surface area contributed by atoms with Crippen LogP contribution in [0.25, 0.3) is 0 Å². The molecule has 2 aromatic carbocycles. The number of rotatable bonds is 7. The molecule has 0 aliphatic carbocycles. The van der Waals surface area contributed by atoms with Crippen LogP contribution in [0.15, 0.2) is 42.5 Å². The van der Waals surface area contributed by atoms with Crippen LogP contribution in [0.2, 0.25) is 15.1 Å². The van der Waals surface area contributed by atoms with E-state index >= 15 is 0 Å². The lowest BCUT2D eigenvalue weighted by Crippen LogP contribution is -3.07. The van der Waals surface area contributed by atoms with Crippen molar-refractivity contribution in [2.45, 2.75) is 6.04 Å². The zero-order valence-corrected chi connectivity index (χ0v) is 16.3. The number of ether oxygens (including phenoxy) is 1. The van der Waals surface area contributed by atoms with Crippen molar-refractivity contribution in [3.05, 3.63) is 63.1 Å². The minimum Gasteiger partial charge on any atom is -0.482 e. The molecular weight excluding hydrogens is 383 g/mol. The number of hydrogen-bond acceptors (Lipinski definition) is 2. The monoisotopic (exact) mass is 401 g/mol. The molecule has 0 unspecified atom stereocenters. The van der Waals surface area contributed by atoms with Crippen LogP contribution >= 0.6 is 34.8 Å². The summed E-state index contributed by atoms with van der Waals surface area (Å²) in [6.07, 6.45) is 0. The van der Waals surface area contributed by atoms with E-state index in [2.05, 4.69) is 31.5 Å². The first-order valence-corrected chi connectivity index (χ1v) is 8.91. The van der Waals surface area contributed by atoms with Crippen LogP contribution in [0.1, 0.15) is 11.6 Å². The van der Waals surface area contributed by atoms with E-state index in [1.54, 1.807) is 0 Å². The highest BCUT2D eigenvalue weighted by molar-refractivity contribution is 6.43. The Morgan fingerprint density at radius 3 is 2.36 bits per heavy atom. The lowest BCUT2D eigenvalue weighted by Gasteiger charge is -2.22. The third-order valence-electron chi connectivity index (χ3n) is 3.74.